The summed E-state index contributed by atoms with van der Waals surface area (Å²) in [4.78, 5) is 0. The van der Waals surface area contributed by atoms with Crippen LogP contribution in [0.1, 0.15) is 12.0 Å². The molecule has 0 saturated carbocycles. The second-order valence-electron chi connectivity index (χ2n) is 4.42. The minimum absolute atomic E-state index is 0.314. The summed E-state index contributed by atoms with van der Waals surface area (Å²) >= 11 is 0. The highest BCUT2D eigenvalue weighted by Gasteiger charge is 2.30. The summed E-state index contributed by atoms with van der Waals surface area (Å²) in [5.41, 5.74) is 4.90. The Morgan fingerprint density at radius 3 is 2.47 bits per heavy atom. The summed E-state index contributed by atoms with van der Waals surface area (Å²) in [7, 11) is 0. The molecule has 0 spiro atoms. The van der Waals surface area contributed by atoms with Crippen LogP contribution in [0.15, 0.2) is 36.2 Å². The van der Waals surface area contributed by atoms with Crippen molar-refractivity contribution in [2.24, 2.45) is 11.7 Å². The lowest BCUT2D eigenvalue weighted by molar-refractivity contribution is -0.137. The molecule has 0 bridgehead atoms. The van der Waals surface area contributed by atoms with Crippen LogP contribution in [0.25, 0.3) is 0 Å². The highest BCUT2D eigenvalue weighted by atomic mass is 19.4. The Labute approximate surface area is 109 Å². The molecule has 1 aromatic carbocycles. The highest BCUT2D eigenvalue weighted by molar-refractivity contribution is 5.28. The number of hydrogen-bond acceptors (Lipinski definition) is 3. The second-order valence-corrected chi connectivity index (χ2v) is 4.42. The van der Waals surface area contributed by atoms with Gasteiger partial charge >= 0.3 is 6.18 Å². The van der Waals surface area contributed by atoms with Crippen molar-refractivity contribution in [1.82, 2.24) is 5.32 Å². The van der Waals surface area contributed by atoms with Gasteiger partial charge < -0.3 is 15.8 Å². The topological polar surface area (TPSA) is 47.3 Å². The van der Waals surface area contributed by atoms with E-state index in [4.69, 9.17) is 10.5 Å². The predicted molar refractivity (Wildman–Crippen MR) is 65.3 cm³/mol. The number of ether oxygens (including phenoxy) is 1. The number of halogens is 3. The van der Waals surface area contributed by atoms with Gasteiger partial charge in [0.05, 0.1) is 18.0 Å². The van der Waals surface area contributed by atoms with Gasteiger partial charge in [-0.3, -0.25) is 0 Å². The number of nitrogens with one attached hydrogen (secondary N) is 1. The summed E-state index contributed by atoms with van der Waals surface area (Å²) in [6, 6.07) is 4.70. The average Bonchev–Trinajstić information content (AvgIpc) is 2.75. The van der Waals surface area contributed by atoms with Crippen molar-refractivity contribution in [3.63, 3.8) is 0 Å². The van der Waals surface area contributed by atoms with E-state index in [0.717, 1.165) is 25.1 Å². The van der Waals surface area contributed by atoms with Crippen molar-refractivity contribution in [2.75, 3.05) is 13.2 Å². The number of hydrogen-bond donors (Lipinski definition) is 2. The molecule has 19 heavy (non-hydrogen) atoms. The van der Waals surface area contributed by atoms with Gasteiger partial charge in [0.25, 0.3) is 0 Å². The molecule has 0 aliphatic carbocycles. The Morgan fingerprint density at radius 1 is 1.26 bits per heavy atom. The maximum Gasteiger partial charge on any atom is 0.416 e. The Morgan fingerprint density at radius 2 is 1.95 bits per heavy atom. The molecule has 3 N–H and O–H groups in total. The van der Waals surface area contributed by atoms with Crippen molar-refractivity contribution in [1.29, 1.82) is 0 Å². The van der Waals surface area contributed by atoms with Crippen LogP contribution in [0.3, 0.4) is 0 Å². The SMILES string of the molecule is NC1=C[C@H](CCOc2ccc(C(F)(F)F)cc2)CN1. The van der Waals surface area contributed by atoms with Crippen molar-refractivity contribution >= 4 is 0 Å². The van der Waals surface area contributed by atoms with E-state index in [1.807, 2.05) is 6.08 Å². The van der Waals surface area contributed by atoms with E-state index < -0.39 is 11.7 Å². The smallest absolute Gasteiger partial charge is 0.416 e. The molecule has 1 aliphatic heterocycles. The van der Waals surface area contributed by atoms with Gasteiger partial charge in [0.15, 0.2) is 0 Å². The van der Waals surface area contributed by atoms with Crippen LogP contribution in [-0.2, 0) is 6.18 Å². The first kappa shape index (κ1) is 13.6. The van der Waals surface area contributed by atoms with Crippen LogP contribution in [0, 0.1) is 5.92 Å². The fraction of sp³-hybridized carbons (Fsp3) is 0.385. The van der Waals surface area contributed by atoms with Crippen molar-refractivity contribution in [3.05, 3.63) is 41.7 Å². The third-order valence-electron chi connectivity index (χ3n) is 2.92. The van der Waals surface area contributed by atoms with Crippen LogP contribution in [0.2, 0.25) is 0 Å². The minimum atomic E-state index is -4.31. The zero-order chi connectivity index (χ0) is 13.9. The number of benzene rings is 1. The highest BCUT2D eigenvalue weighted by Crippen LogP contribution is 2.30. The fourth-order valence-corrected chi connectivity index (χ4v) is 1.87. The first-order chi connectivity index (χ1) is 8.95. The lowest BCUT2D eigenvalue weighted by atomic mass is 10.1. The monoisotopic (exact) mass is 272 g/mol. The first-order valence-corrected chi connectivity index (χ1v) is 5.96. The molecule has 1 aliphatic rings. The molecule has 2 rings (SSSR count). The Bertz CT molecular complexity index is 454. The summed E-state index contributed by atoms with van der Waals surface area (Å²) in [5.74, 6) is 1.42. The summed E-state index contributed by atoms with van der Waals surface area (Å²) in [6.07, 6.45) is -1.61. The largest absolute Gasteiger partial charge is 0.494 e. The lowest BCUT2D eigenvalue weighted by Gasteiger charge is -2.10. The Kier molecular flexibility index (Phi) is 3.87. The van der Waals surface area contributed by atoms with Gasteiger partial charge in [-0.15, -0.1) is 0 Å². The molecule has 0 unspecified atom stereocenters. The van der Waals surface area contributed by atoms with E-state index in [-0.39, 0.29) is 0 Å². The first-order valence-electron chi connectivity index (χ1n) is 5.96. The molecule has 104 valence electrons. The van der Waals surface area contributed by atoms with Crippen molar-refractivity contribution in [2.45, 2.75) is 12.6 Å². The number of rotatable bonds is 4. The molecule has 1 atom stereocenters. The van der Waals surface area contributed by atoms with Gasteiger partial charge in [0, 0.05) is 12.5 Å². The average molecular weight is 272 g/mol. The third kappa shape index (κ3) is 3.81. The maximum atomic E-state index is 12.3. The number of nitrogens with two attached hydrogens (primary N) is 1. The van der Waals surface area contributed by atoms with E-state index in [1.165, 1.54) is 12.1 Å². The van der Waals surface area contributed by atoms with E-state index in [2.05, 4.69) is 5.32 Å². The van der Waals surface area contributed by atoms with E-state index in [0.29, 0.717) is 24.1 Å². The molecule has 6 heteroatoms. The van der Waals surface area contributed by atoms with Gasteiger partial charge in [0.2, 0.25) is 0 Å². The minimum Gasteiger partial charge on any atom is -0.494 e. The van der Waals surface area contributed by atoms with Crippen molar-refractivity contribution < 1.29 is 17.9 Å². The summed E-state index contributed by atoms with van der Waals surface area (Å²) < 4.78 is 42.4. The fourth-order valence-electron chi connectivity index (χ4n) is 1.87. The molecule has 0 aromatic heterocycles. The van der Waals surface area contributed by atoms with Crippen LogP contribution in [0.5, 0.6) is 5.75 Å². The van der Waals surface area contributed by atoms with Crippen LogP contribution in [-0.4, -0.2) is 13.2 Å². The Balaban J connectivity index is 1.80. The standard InChI is InChI=1S/C13H15F3N2O/c14-13(15,16)10-1-3-11(4-2-10)19-6-5-9-7-12(17)18-8-9/h1-4,7,9,18H,5-6,8,17H2/t9-/m0/s1. The summed E-state index contributed by atoms with van der Waals surface area (Å²) in [5, 5.41) is 3.00. The molecule has 0 saturated heterocycles. The second kappa shape index (κ2) is 5.42. The van der Waals surface area contributed by atoms with Gasteiger partial charge in [0.1, 0.15) is 5.75 Å². The zero-order valence-corrected chi connectivity index (χ0v) is 10.2. The van der Waals surface area contributed by atoms with E-state index >= 15 is 0 Å². The van der Waals surface area contributed by atoms with E-state index in [1.54, 1.807) is 0 Å². The molecular weight excluding hydrogens is 257 g/mol. The molecule has 1 heterocycles. The van der Waals surface area contributed by atoms with Gasteiger partial charge in [-0.05, 0) is 36.8 Å². The van der Waals surface area contributed by atoms with Crippen LogP contribution < -0.4 is 15.8 Å². The van der Waals surface area contributed by atoms with Gasteiger partial charge in [-0.25, -0.2) is 0 Å². The third-order valence-corrected chi connectivity index (χ3v) is 2.92. The lowest BCUT2D eigenvalue weighted by Crippen LogP contribution is -2.17. The Hall–Kier alpha value is -1.85. The van der Waals surface area contributed by atoms with Gasteiger partial charge in [-0.2, -0.15) is 13.2 Å². The molecule has 3 nitrogen and oxygen atoms in total. The zero-order valence-electron chi connectivity index (χ0n) is 10.2. The van der Waals surface area contributed by atoms with Gasteiger partial charge in [-0.1, -0.05) is 0 Å². The summed E-state index contributed by atoms with van der Waals surface area (Å²) in [6.45, 7) is 1.23. The molecular formula is C13H15F3N2O. The maximum absolute atomic E-state index is 12.3. The predicted octanol–water partition coefficient (Wildman–Crippen LogP) is 2.49. The van der Waals surface area contributed by atoms with Crippen LogP contribution in [0.4, 0.5) is 13.2 Å². The molecule has 0 amide bonds. The molecule has 0 radical (unpaired) electrons. The molecule has 0 fully saturated rings. The quantitative estimate of drug-likeness (QED) is 0.885. The van der Waals surface area contributed by atoms with Crippen molar-refractivity contribution in [3.8, 4) is 5.75 Å². The van der Waals surface area contributed by atoms with E-state index in [9.17, 15) is 13.2 Å². The normalized spacial score (nSPS) is 18.9. The number of alkyl halides is 3. The van der Waals surface area contributed by atoms with Crippen LogP contribution >= 0.6 is 0 Å². The molecule has 1 aromatic rings.